The number of ether oxygens (including phenoxy) is 1. The van der Waals surface area contributed by atoms with E-state index in [1.807, 2.05) is 0 Å². The average Bonchev–Trinajstić information content (AvgIpc) is 2.74. The summed E-state index contributed by atoms with van der Waals surface area (Å²) in [5.41, 5.74) is 1.10. The highest BCUT2D eigenvalue weighted by Gasteiger charge is 2.14. The van der Waals surface area contributed by atoms with Crippen LogP contribution in [0.1, 0.15) is 5.56 Å². The third-order valence-electron chi connectivity index (χ3n) is 4.09. The summed E-state index contributed by atoms with van der Waals surface area (Å²) < 4.78 is 46.1. The minimum absolute atomic E-state index is 0.0753. The van der Waals surface area contributed by atoms with Gasteiger partial charge >= 0.3 is 0 Å². The second kappa shape index (κ2) is 9.23. The van der Waals surface area contributed by atoms with Crippen LogP contribution in [0.15, 0.2) is 83.8 Å². The molecule has 0 aliphatic heterocycles. The number of halogens is 1. The van der Waals surface area contributed by atoms with E-state index in [9.17, 15) is 17.6 Å². The molecule has 0 radical (unpaired) electrons. The van der Waals surface area contributed by atoms with Crippen LogP contribution in [0, 0.1) is 5.82 Å². The molecule has 8 heteroatoms. The van der Waals surface area contributed by atoms with Crippen molar-refractivity contribution in [3.05, 3.63) is 90.3 Å². The van der Waals surface area contributed by atoms with Gasteiger partial charge in [-0.3, -0.25) is 9.52 Å². The van der Waals surface area contributed by atoms with E-state index in [1.54, 1.807) is 42.5 Å². The predicted molar refractivity (Wildman–Crippen MR) is 114 cm³/mol. The van der Waals surface area contributed by atoms with Gasteiger partial charge in [0.05, 0.1) is 17.7 Å². The first-order valence-corrected chi connectivity index (χ1v) is 10.4. The molecule has 6 nitrogen and oxygen atoms in total. The zero-order valence-electron chi connectivity index (χ0n) is 16.0. The molecule has 0 atom stereocenters. The van der Waals surface area contributed by atoms with Crippen molar-refractivity contribution in [2.45, 2.75) is 4.90 Å². The maximum Gasteiger partial charge on any atom is 0.261 e. The van der Waals surface area contributed by atoms with E-state index in [2.05, 4.69) is 10.0 Å². The number of methoxy groups -OCH3 is 1. The summed E-state index contributed by atoms with van der Waals surface area (Å²) >= 11 is 0. The van der Waals surface area contributed by atoms with E-state index in [4.69, 9.17) is 4.74 Å². The van der Waals surface area contributed by atoms with Crippen molar-refractivity contribution >= 4 is 33.4 Å². The number of carbonyl (C=O) groups excluding carboxylic acids is 1. The van der Waals surface area contributed by atoms with Crippen LogP contribution in [-0.4, -0.2) is 21.4 Å². The fourth-order valence-electron chi connectivity index (χ4n) is 2.54. The molecule has 0 aliphatic carbocycles. The molecule has 0 aromatic heterocycles. The number of carbonyl (C=O) groups is 1. The Balaban J connectivity index is 1.65. The first-order valence-electron chi connectivity index (χ1n) is 8.88. The molecule has 0 fully saturated rings. The molecule has 0 unspecified atom stereocenters. The van der Waals surface area contributed by atoms with Gasteiger partial charge < -0.3 is 10.1 Å². The summed E-state index contributed by atoms with van der Waals surface area (Å²) in [5, 5.41) is 2.44. The highest BCUT2D eigenvalue weighted by atomic mass is 32.2. The molecule has 0 heterocycles. The van der Waals surface area contributed by atoms with E-state index in [0.717, 1.165) is 0 Å². The first-order chi connectivity index (χ1) is 14.4. The van der Waals surface area contributed by atoms with Crippen LogP contribution >= 0.6 is 0 Å². The molecule has 3 aromatic rings. The highest BCUT2D eigenvalue weighted by Crippen LogP contribution is 2.20. The SMILES string of the molecule is COc1ccc(NS(=O)(=O)c2ccc(/C=C/C(=O)Nc3ccccc3F)cc2)cc1. The van der Waals surface area contributed by atoms with Gasteiger partial charge in [0.1, 0.15) is 11.6 Å². The molecule has 1 amide bonds. The molecular weight excluding hydrogens is 407 g/mol. The van der Waals surface area contributed by atoms with Crippen molar-refractivity contribution in [2.24, 2.45) is 0 Å². The Kier molecular flexibility index (Phi) is 6.48. The van der Waals surface area contributed by atoms with Crippen LogP contribution < -0.4 is 14.8 Å². The monoisotopic (exact) mass is 426 g/mol. The van der Waals surface area contributed by atoms with E-state index in [0.29, 0.717) is 17.0 Å². The normalized spacial score (nSPS) is 11.3. The summed E-state index contributed by atoms with van der Waals surface area (Å²) in [4.78, 5) is 12.0. The molecule has 2 N–H and O–H groups in total. The molecule has 30 heavy (non-hydrogen) atoms. The topological polar surface area (TPSA) is 84.5 Å². The lowest BCUT2D eigenvalue weighted by molar-refractivity contribution is -0.111. The number of benzene rings is 3. The van der Waals surface area contributed by atoms with E-state index in [-0.39, 0.29) is 10.6 Å². The second-order valence-electron chi connectivity index (χ2n) is 6.21. The standard InChI is InChI=1S/C22H19FN2O4S/c1-29-18-11-9-17(10-12-18)25-30(27,28)19-13-6-16(7-14-19)8-15-22(26)24-21-5-3-2-4-20(21)23/h2-15,25H,1H3,(H,24,26)/b15-8+. The summed E-state index contributed by atoms with van der Waals surface area (Å²) in [7, 11) is -2.24. The molecule has 0 bridgehead atoms. The van der Waals surface area contributed by atoms with Gasteiger partial charge in [-0.1, -0.05) is 24.3 Å². The van der Waals surface area contributed by atoms with Crippen molar-refractivity contribution in [3.63, 3.8) is 0 Å². The van der Waals surface area contributed by atoms with Crippen molar-refractivity contribution < 1.29 is 22.3 Å². The molecule has 0 saturated carbocycles. The summed E-state index contributed by atoms with van der Waals surface area (Å²) in [6, 6.07) is 18.3. The Hall–Kier alpha value is -3.65. The zero-order chi connectivity index (χ0) is 21.6. The number of nitrogens with one attached hydrogen (secondary N) is 2. The lowest BCUT2D eigenvalue weighted by Gasteiger charge is -2.09. The van der Waals surface area contributed by atoms with E-state index in [1.165, 1.54) is 49.6 Å². The Morgan fingerprint density at radius 2 is 1.63 bits per heavy atom. The van der Waals surface area contributed by atoms with E-state index < -0.39 is 21.7 Å². The Labute approximate surface area is 174 Å². The average molecular weight is 426 g/mol. The van der Waals surface area contributed by atoms with Crippen LogP contribution in [0.4, 0.5) is 15.8 Å². The van der Waals surface area contributed by atoms with Gasteiger partial charge in [-0.05, 0) is 60.2 Å². The fourth-order valence-corrected chi connectivity index (χ4v) is 3.60. The van der Waals surface area contributed by atoms with Crippen LogP contribution in [0.5, 0.6) is 5.75 Å². The molecule has 3 rings (SSSR count). The van der Waals surface area contributed by atoms with E-state index >= 15 is 0 Å². The Bertz CT molecular complexity index is 1160. The van der Waals surface area contributed by atoms with Gasteiger partial charge in [-0.15, -0.1) is 0 Å². The third-order valence-corrected chi connectivity index (χ3v) is 5.49. The van der Waals surface area contributed by atoms with Crippen molar-refractivity contribution in [1.29, 1.82) is 0 Å². The molecular formula is C22H19FN2O4S. The quantitative estimate of drug-likeness (QED) is 0.552. The number of sulfonamides is 1. The predicted octanol–water partition coefficient (Wildman–Crippen LogP) is 4.29. The number of para-hydroxylation sites is 1. The number of anilines is 2. The zero-order valence-corrected chi connectivity index (χ0v) is 16.8. The van der Waals surface area contributed by atoms with Crippen molar-refractivity contribution in [1.82, 2.24) is 0 Å². The van der Waals surface area contributed by atoms with Gasteiger partial charge in [0.2, 0.25) is 5.91 Å². The highest BCUT2D eigenvalue weighted by molar-refractivity contribution is 7.92. The lowest BCUT2D eigenvalue weighted by Crippen LogP contribution is -2.12. The Morgan fingerprint density at radius 1 is 0.967 bits per heavy atom. The number of hydrogen-bond donors (Lipinski definition) is 2. The molecule has 0 saturated heterocycles. The van der Waals surface area contributed by atoms with Gasteiger partial charge in [0, 0.05) is 11.8 Å². The molecule has 3 aromatic carbocycles. The number of hydrogen-bond acceptors (Lipinski definition) is 4. The second-order valence-corrected chi connectivity index (χ2v) is 7.89. The maximum atomic E-state index is 13.6. The smallest absolute Gasteiger partial charge is 0.261 e. The molecule has 0 aliphatic rings. The Morgan fingerprint density at radius 3 is 2.27 bits per heavy atom. The van der Waals surface area contributed by atoms with Crippen LogP contribution in [-0.2, 0) is 14.8 Å². The van der Waals surface area contributed by atoms with Crippen LogP contribution in [0.25, 0.3) is 6.08 Å². The largest absolute Gasteiger partial charge is 0.497 e. The molecule has 154 valence electrons. The summed E-state index contributed by atoms with van der Waals surface area (Å²) in [5.74, 6) is -0.413. The maximum absolute atomic E-state index is 13.6. The minimum Gasteiger partial charge on any atom is -0.497 e. The fraction of sp³-hybridized carbons (Fsp3) is 0.0455. The number of amides is 1. The van der Waals surface area contributed by atoms with Gasteiger partial charge in [-0.25, -0.2) is 12.8 Å². The van der Waals surface area contributed by atoms with Crippen LogP contribution in [0.2, 0.25) is 0 Å². The van der Waals surface area contributed by atoms with Crippen molar-refractivity contribution in [2.75, 3.05) is 17.1 Å². The summed E-state index contributed by atoms with van der Waals surface area (Å²) in [6.07, 6.45) is 2.75. The van der Waals surface area contributed by atoms with Gasteiger partial charge in [0.15, 0.2) is 0 Å². The number of rotatable bonds is 7. The lowest BCUT2D eigenvalue weighted by atomic mass is 10.2. The molecule has 0 spiro atoms. The van der Waals surface area contributed by atoms with Crippen LogP contribution in [0.3, 0.4) is 0 Å². The third kappa shape index (κ3) is 5.45. The minimum atomic E-state index is -3.76. The van der Waals surface area contributed by atoms with Gasteiger partial charge in [-0.2, -0.15) is 0 Å². The summed E-state index contributed by atoms with van der Waals surface area (Å²) in [6.45, 7) is 0. The van der Waals surface area contributed by atoms with Gasteiger partial charge in [0.25, 0.3) is 10.0 Å². The van der Waals surface area contributed by atoms with Crippen molar-refractivity contribution in [3.8, 4) is 5.75 Å². The first kappa shape index (κ1) is 21.1.